The first-order chi connectivity index (χ1) is 13.6. The summed E-state index contributed by atoms with van der Waals surface area (Å²) in [5, 5.41) is 17.1. The highest BCUT2D eigenvalue weighted by Crippen LogP contribution is 2.27. The van der Waals surface area contributed by atoms with Gasteiger partial charge in [-0.05, 0) is 31.2 Å². The maximum Gasteiger partial charge on any atom is 0.260 e. The number of nitriles is 1. The summed E-state index contributed by atoms with van der Waals surface area (Å²) in [5.41, 5.74) is 1.52. The second kappa shape index (κ2) is 7.10. The van der Waals surface area contributed by atoms with Gasteiger partial charge in [0.25, 0.3) is 5.91 Å². The third-order valence-electron chi connectivity index (χ3n) is 4.18. The number of nitrogens with zero attached hydrogens (tertiary/aromatic N) is 4. The molecule has 0 radical (unpaired) electrons. The minimum atomic E-state index is -0.449. The quantitative estimate of drug-likeness (QED) is 0.560. The maximum absolute atomic E-state index is 12.8. The Kier molecular flexibility index (Phi) is 4.47. The van der Waals surface area contributed by atoms with Crippen LogP contribution in [0.1, 0.15) is 21.7 Å². The number of carbonyl (C=O) groups excluding carboxylic acids is 1. The van der Waals surface area contributed by atoms with Crippen molar-refractivity contribution in [3.05, 3.63) is 83.1 Å². The topological polar surface area (TPSA) is 88.8 Å². The van der Waals surface area contributed by atoms with Crippen LogP contribution >= 0.6 is 11.6 Å². The van der Waals surface area contributed by atoms with Gasteiger partial charge in [-0.15, -0.1) is 0 Å². The van der Waals surface area contributed by atoms with Crippen molar-refractivity contribution in [3.63, 3.8) is 0 Å². The summed E-state index contributed by atoms with van der Waals surface area (Å²) in [4.78, 5) is 12.8. The summed E-state index contributed by atoms with van der Waals surface area (Å²) in [5.74, 6) is 0.216. The molecule has 0 bridgehead atoms. The van der Waals surface area contributed by atoms with Gasteiger partial charge in [0, 0.05) is 12.4 Å². The van der Waals surface area contributed by atoms with Crippen molar-refractivity contribution in [2.24, 2.45) is 0 Å². The van der Waals surface area contributed by atoms with Crippen LogP contribution in [0.15, 0.2) is 65.6 Å². The van der Waals surface area contributed by atoms with E-state index in [9.17, 15) is 10.1 Å². The molecule has 1 aromatic carbocycles. The van der Waals surface area contributed by atoms with Crippen LogP contribution in [0.3, 0.4) is 0 Å². The lowest BCUT2D eigenvalue weighted by Crippen LogP contribution is -2.13. The number of rotatable bonds is 4. The molecule has 4 aromatic rings. The van der Waals surface area contributed by atoms with Gasteiger partial charge in [0.2, 0.25) is 5.88 Å². The Morgan fingerprint density at radius 2 is 2.00 bits per heavy atom. The highest BCUT2D eigenvalue weighted by Gasteiger charge is 2.25. The first kappa shape index (κ1) is 17.6. The fourth-order valence-electron chi connectivity index (χ4n) is 2.91. The molecule has 7 nitrogen and oxygen atoms in total. The van der Waals surface area contributed by atoms with Crippen molar-refractivity contribution in [1.29, 1.82) is 5.26 Å². The molecule has 0 atom stereocenters. The van der Waals surface area contributed by atoms with Crippen LogP contribution in [-0.4, -0.2) is 20.3 Å². The van der Waals surface area contributed by atoms with E-state index in [4.69, 9.17) is 16.0 Å². The van der Waals surface area contributed by atoms with Gasteiger partial charge >= 0.3 is 0 Å². The Balaban J connectivity index is 1.64. The van der Waals surface area contributed by atoms with Crippen LogP contribution in [0.2, 0.25) is 5.02 Å². The number of hydrogen-bond acceptors (Lipinski definition) is 4. The number of anilines is 1. The van der Waals surface area contributed by atoms with Crippen LogP contribution in [0.5, 0.6) is 0 Å². The number of carbonyl (C=O) groups is 1. The zero-order valence-corrected chi connectivity index (χ0v) is 15.5. The molecule has 0 aliphatic carbocycles. The van der Waals surface area contributed by atoms with Gasteiger partial charge in [0.1, 0.15) is 23.0 Å². The highest BCUT2D eigenvalue weighted by molar-refractivity contribution is 6.32. The van der Waals surface area contributed by atoms with Crippen LogP contribution in [0.4, 0.5) is 5.69 Å². The maximum atomic E-state index is 12.8. The van der Waals surface area contributed by atoms with Gasteiger partial charge in [0.15, 0.2) is 0 Å². The van der Waals surface area contributed by atoms with E-state index in [1.807, 2.05) is 30.3 Å². The molecule has 1 amide bonds. The van der Waals surface area contributed by atoms with Gasteiger partial charge in [0.05, 0.1) is 28.8 Å². The van der Waals surface area contributed by atoms with Gasteiger partial charge in [-0.1, -0.05) is 23.7 Å². The average molecular weight is 392 g/mol. The Hall–Kier alpha value is -3.76. The van der Waals surface area contributed by atoms with Gasteiger partial charge < -0.3 is 9.73 Å². The average Bonchev–Trinajstić information content (AvgIpc) is 3.41. The second-order valence-electron chi connectivity index (χ2n) is 5.99. The standard InChI is InChI=1S/C20H14ClN5O2/c1-13-18(15(10-22)20(28-13)25-8-4-5-9-25)19(27)24-14-11-23-26(12-14)17-7-3-2-6-16(17)21/h2-9,11-12H,1H3,(H,24,27). The Morgan fingerprint density at radius 3 is 2.71 bits per heavy atom. The van der Waals surface area contributed by atoms with Crippen molar-refractivity contribution < 1.29 is 9.21 Å². The lowest BCUT2D eigenvalue weighted by atomic mass is 10.1. The molecular weight excluding hydrogens is 378 g/mol. The van der Waals surface area contributed by atoms with Crippen molar-refractivity contribution in [1.82, 2.24) is 14.3 Å². The fourth-order valence-corrected chi connectivity index (χ4v) is 3.13. The van der Waals surface area contributed by atoms with E-state index in [2.05, 4.69) is 16.5 Å². The normalized spacial score (nSPS) is 10.6. The van der Waals surface area contributed by atoms with Crippen molar-refractivity contribution >= 4 is 23.2 Å². The summed E-state index contributed by atoms with van der Waals surface area (Å²) >= 11 is 6.18. The van der Waals surface area contributed by atoms with E-state index in [1.54, 1.807) is 40.8 Å². The summed E-state index contributed by atoms with van der Waals surface area (Å²) in [7, 11) is 0. The molecule has 0 saturated carbocycles. The molecule has 0 saturated heterocycles. The van der Waals surface area contributed by atoms with E-state index in [-0.39, 0.29) is 11.1 Å². The zero-order valence-electron chi connectivity index (χ0n) is 14.8. The third kappa shape index (κ3) is 3.06. The van der Waals surface area contributed by atoms with E-state index < -0.39 is 5.91 Å². The van der Waals surface area contributed by atoms with Crippen LogP contribution in [-0.2, 0) is 0 Å². The largest absolute Gasteiger partial charge is 0.443 e. The molecule has 3 aromatic heterocycles. The number of para-hydroxylation sites is 1. The minimum absolute atomic E-state index is 0.171. The van der Waals surface area contributed by atoms with Gasteiger partial charge in [-0.2, -0.15) is 10.4 Å². The molecule has 3 heterocycles. The molecule has 0 aliphatic rings. The number of aromatic nitrogens is 3. The predicted octanol–water partition coefficient (Wildman–Crippen LogP) is 4.34. The molecule has 4 rings (SSSR count). The number of halogens is 1. The summed E-state index contributed by atoms with van der Waals surface area (Å²) < 4.78 is 8.89. The molecule has 1 N–H and O–H groups in total. The SMILES string of the molecule is Cc1oc(-n2cccc2)c(C#N)c1C(=O)Nc1cnn(-c2ccccc2Cl)c1. The monoisotopic (exact) mass is 391 g/mol. The third-order valence-corrected chi connectivity index (χ3v) is 4.50. The Bertz CT molecular complexity index is 1200. The molecule has 0 fully saturated rings. The number of amides is 1. The molecular formula is C20H14ClN5O2. The molecule has 28 heavy (non-hydrogen) atoms. The van der Waals surface area contributed by atoms with Crippen molar-refractivity contribution in [3.8, 4) is 17.6 Å². The second-order valence-corrected chi connectivity index (χ2v) is 6.40. The van der Waals surface area contributed by atoms with Crippen LogP contribution < -0.4 is 5.32 Å². The van der Waals surface area contributed by atoms with Gasteiger partial charge in [-0.25, -0.2) is 4.68 Å². The lowest BCUT2D eigenvalue weighted by molar-refractivity contribution is 0.102. The van der Waals surface area contributed by atoms with E-state index in [1.165, 1.54) is 6.20 Å². The molecule has 0 spiro atoms. The number of aryl methyl sites for hydroxylation is 1. The van der Waals surface area contributed by atoms with Crippen molar-refractivity contribution in [2.45, 2.75) is 6.92 Å². The molecule has 0 aliphatic heterocycles. The predicted molar refractivity (Wildman–Crippen MR) is 104 cm³/mol. The first-order valence-electron chi connectivity index (χ1n) is 8.36. The van der Waals surface area contributed by atoms with Gasteiger partial charge in [-0.3, -0.25) is 9.36 Å². The number of nitrogens with one attached hydrogen (secondary N) is 1. The summed E-state index contributed by atoms with van der Waals surface area (Å²) in [6.07, 6.45) is 6.64. The zero-order chi connectivity index (χ0) is 19.7. The van der Waals surface area contributed by atoms with Crippen molar-refractivity contribution in [2.75, 3.05) is 5.32 Å². The summed E-state index contributed by atoms with van der Waals surface area (Å²) in [6.45, 7) is 1.65. The highest BCUT2D eigenvalue weighted by atomic mass is 35.5. The lowest BCUT2D eigenvalue weighted by Gasteiger charge is -2.03. The van der Waals surface area contributed by atoms with Crippen LogP contribution in [0.25, 0.3) is 11.6 Å². The number of furan rings is 1. The Labute approximate surface area is 165 Å². The Morgan fingerprint density at radius 1 is 1.25 bits per heavy atom. The van der Waals surface area contributed by atoms with E-state index >= 15 is 0 Å². The molecule has 0 unspecified atom stereocenters. The van der Waals surface area contributed by atoms with E-state index in [0.717, 1.165) is 0 Å². The smallest absolute Gasteiger partial charge is 0.260 e. The summed E-state index contributed by atoms with van der Waals surface area (Å²) in [6, 6.07) is 12.9. The number of benzene rings is 1. The molecule has 8 heteroatoms. The first-order valence-corrected chi connectivity index (χ1v) is 8.74. The number of hydrogen-bond donors (Lipinski definition) is 1. The van der Waals surface area contributed by atoms with Crippen LogP contribution in [0, 0.1) is 18.3 Å². The van der Waals surface area contributed by atoms with E-state index in [0.29, 0.717) is 28.0 Å². The molecule has 138 valence electrons. The minimum Gasteiger partial charge on any atom is -0.443 e. The fraction of sp³-hybridized carbons (Fsp3) is 0.0500.